The van der Waals surface area contributed by atoms with E-state index < -0.39 is 17.8 Å². The van der Waals surface area contributed by atoms with E-state index in [4.69, 9.17) is 16.3 Å². The summed E-state index contributed by atoms with van der Waals surface area (Å²) in [5, 5.41) is 0.347. The summed E-state index contributed by atoms with van der Waals surface area (Å²) in [5.74, 6) is -0.448. The van der Waals surface area contributed by atoms with E-state index in [9.17, 15) is 13.2 Å². The van der Waals surface area contributed by atoms with E-state index in [0.717, 1.165) is 0 Å². The number of para-hydroxylation sites is 2. The van der Waals surface area contributed by atoms with Crippen molar-refractivity contribution in [3.63, 3.8) is 0 Å². The summed E-state index contributed by atoms with van der Waals surface area (Å²) in [5.41, 5.74) is -0.716. The number of rotatable bonds is 2. The van der Waals surface area contributed by atoms with Crippen LogP contribution < -0.4 is 4.74 Å². The minimum Gasteiger partial charge on any atom is -0.437 e. The second-order valence-corrected chi connectivity index (χ2v) is 4.86. The zero-order chi connectivity index (χ0) is 15.7. The number of hydrogen-bond donors (Lipinski definition) is 0. The van der Waals surface area contributed by atoms with Gasteiger partial charge in [0.1, 0.15) is 5.75 Å². The van der Waals surface area contributed by atoms with Crippen molar-refractivity contribution >= 4 is 22.6 Å². The number of nitrogens with zero attached hydrogens (tertiary/aromatic N) is 2. The predicted molar refractivity (Wildman–Crippen MR) is 76.1 cm³/mol. The highest BCUT2D eigenvalue weighted by Crippen LogP contribution is 2.36. The topological polar surface area (TPSA) is 35.0 Å². The van der Waals surface area contributed by atoms with Gasteiger partial charge in [-0.1, -0.05) is 29.8 Å². The summed E-state index contributed by atoms with van der Waals surface area (Å²) in [6.45, 7) is 0. The van der Waals surface area contributed by atoms with Crippen LogP contribution in [0.4, 0.5) is 13.2 Å². The van der Waals surface area contributed by atoms with Crippen molar-refractivity contribution in [3.8, 4) is 11.6 Å². The van der Waals surface area contributed by atoms with Gasteiger partial charge in [0.2, 0.25) is 5.69 Å². The van der Waals surface area contributed by atoms with Crippen LogP contribution in [0.2, 0.25) is 5.02 Å². The number of ether oxygens (including phenoxy) is 1. The Morgan fingerprint density at radius 3 is 2.23 bits per heavy atom. The summed E-state index contributed by atoms with van der Waals surface area (Å²) >= 11 is 5.80. The third-order valence-electron chi connectivity index (χ3n) is 2.82. The van der Waals surface area contributed by atoms with Crippen LogP contribution in [-0.4, -0.2) is 9.97 Å². The first-order chi connectivity index (χ1) is 10.4. The molecule has 3 nitrogen and oxygen atoms in total. The van der Waals surface area contributed by atoms with Gasteiger partial charge in [0, 0.05) is 5.02 Å². The third kappa shape index (κ3) is 2.96. The lowest BCUT2D eigenvalue weighted by molar-refractivity contribution is -0.142. The highest BCUT2D eigenvalue weighted by Gasteiger charge is 2.38. The molecule has 0 N–H and O–H groups in total. The minimum atomic E-state index is -4.68. The molecule has 7 heteroatoms. The average Bonchev–Trinajstić information content (AvgIpc) is 2.45. The van der Waals surface area contributed by atoms with Gasteiger partial charge in [0.05, 0.1) is 11.0 Å². The number of aromatic nitrogens is 2. The van der Waals surface area contributed by atoms with Gasteiger partial charge < -0.3 is 4.74 Å². The van der Waals surface area contributed by atoms with E-state index >= 15 is 0 Å². The predicted octanol–water partition coefficient (Wildman–Crippen LogP) is 5.09. The quantitative estimate of drug-likeness (QED) is 0.658. The Balaban J connectivity index is 2.13. The molecule has 0 bridgehead atoms. The van der Waals surface area contributed by atoms with Gasteiger partial charge in [-0.3, -0.25) is 0 Å². The molecule has 0 atom stereocenters. The monoisotopic (exact) mass is 324 g/mol. The van der Waals surface area contributed by atoms with Gasteiger partial charge in [-0.05, 0) is 30.3 Å². The second-order valence-electron chi connectivity index (χ2n) is 4.42. The molecule has 0 saturated carbocycles. The van der Waals surface area contributed by atoms with E-state index in [1.54, 1.807) is 30.3 Å². The Morgan fingerprint density at radius 1 is 0.909 bits per heavy atom. The molecule has 1 heterocycles. The fraction of sp³-hybridized carbons (Fsp3) is 0.0667. The van der Waals surface area contributed by atoms with Crippen LogP contribution in [0, 0.1) is 0 Å². The maximum Gasteiger partial charge on any atom is 0.438 e. The lowest BCUT2D eigenvalue weighted by Gasteiger charge is -2.13. The van der Waals surface area contributed by atoms with Crippen LogP contribution in [0.15, 0.2) is 48.5 Å². The van der Waals surface area contributed by atoms with Gasteiger partial charge >= 0.3 is 6.18 Å². The molecule has 1 aromatic heterocycles. The van der Waals surface area contributed by atoms with Gasteiger partial charge in [-0.25, -0.2) is 9.97 Å². The molecule has 2 aromatic carbocycles. The van der Waals surface area contributed by atoms with E-state index in [1.165, 1.54) is 18.2 Å². The molecule has 22 heavy (non-hydrogen) atoms. The first kappa shape index (κ1) is 14.6. The first-order valence-corrected chi connectivity index (χ1v) is 6.59. The van der Waals surface area contributed by atoms with Crippen molar-refractivity contribution < 1.29 is 17.9 Å². The van der Waals surface area contributed by atoms with Crippen molar-refractivity contribution in [1.29, 1.82) is 0 Å². The van der Waals surface area contributed by atoms with Crippen molar-refractivity contribution in [2.75, 3.05) is 0 Å². The normalized spacial score (nSPS) is 11.6. The van der Waals surface area contributed by atoms with Crippen LogP contribution in [0.5, 0.6) is 11.6 Å². The Labute approximate surface area is 128 Å². The lowest BCUT2D eigenvalue weighted by atomic mass is 10.3. The van der Waals surface area contributed by atoms with Gasteiger partial charge in [-0.2, -0.15) is 13.2 Å². The lowest BCUT2D eigenvalue weighted by Crippen LogP contribution is -2.11. The second kappa shape index (κ2) is 5.46. The molecule has 0 aliphatic heterocycles. The molecule has 0 spiro atoms. The zero-order valence-corrected chi connectivity index (χ0v) is 11.7. The Bertz CT molecular complexity index is 836. The van der Waals surface area contributed by atoms with Gasteiger partial charge in [0.25, 0.3) is 5.88 Å². The van der Waals surface area contributed by atoms with Crippen molar-refractivity contribution in [2.45, 2.75) is 6.18 Å². The van der Waals surface area contributed by atoms with E-state index in [-0.39, 0.29) is 11.3 Å². The molecule has 0 radical (unpaired) electrons. The molecule has 0 fully saturated rings. The minimum absolute atomic E-state index is 0.147. The van der Waals surface area contributed by atoms with Crippen LogP contribution >= 0.6 is 11.6 Å². The number of halogens is 4. The summed E-state index contributed by atoms with van der Waals surface area (Å²) in [6, 6.07) is 12.3. The first-order valence-electron chi connectivity index (χ1n) is 6.21. The highest BCUT2D eigenvalue weighted by molar-refractivity contribution is 6.30. The molecule has 0 aliphatic carbocycles. The van der Waals surface area contributed by atoms with Crippen LogP contribution in [-0.2, 0) is 6.18 Å². The smallest absolute Gasteiger partial charge is 0.437 e. The van der Waals surface area contributed by atoms with Crippen molar-refractivity contribution in [1.82, 2.24) is 9.97 Å². The number of fused-ring (bicyclic) bond motifs is 1. The fourth-order valence-corrected chi connectivity index (χ4v) is 2.06. The molecule has 0 saturated heterocycles. The van der Waals surface area contributed by atoms with Crippen LogP contribution in [0.3, 0.4) is 0 Å². The zero-order valence-electron chi connectivity index (χ0n) is 10.9. The number of benzene rings is 2. The third-order valence-corrected chi connectivity index (χ3v) is 3.05. The van der Waals surface area contributed by atoms with E-state index in [2.05, 4.69) is 9.97 Å². The highest BCUT2D eigenvalue weighted by atomic mass is 35.5. The average molecular weight is 325 g/mol. The number of hydrogen-bond acceptors (Lipinski definition) is 3. The SMILES string of the molecule is FC(F)(F)c1nc2ccccc2nc1Oc1cccc(Cl)c1. The number of alkyl halides is 3. The molecular weight excluding hydrogens is 317 g/mol. The van der Waals surface area contributed by atoms with Gasteiger partial charge in [-0.15, -0.1) is 0 Å². The molecule has 3 rings (SSSR count). The van der Waals surface area contributed by atoms with E-state index in [1.807, 2.05) is 0 Å². The molecule has 112 valence electrons. The van der Waals surface area contributed by atoms with Crippen molar-refractivity contribution in [3.05, 3.63) is 59.2 Å². The maximum absolute atomic E-state index is 13.1. The van der Waals surface area contributed by atoms with E-state index in [0.29, 0.717) is 10.5 Å². The van der Waals surface area contributed by atoms with Crippen LogP contribution in [0.25, 0.3) is 11.0 Å². The molecular formula is C15H8ClF3N2O. The summed E-state index contributed by atoms with van der Waals surface area (Å²) in [4.78, 5) is 7.54. The molecule has 0 amide bonds. The maximum atomic E-state index is 13.1. The van der Waals surface area contributed by atoms with Crippen LogP contribution in [0.1, 0.15) is 5.69 Å². The van der Waals surface area contributed by atoms with Gasteiger partial charge in [0.15, 0.2) is 0 Å². The Hall–Kier alpha value is -2.34. The molecule has 0 aliphatic rings. The van der Waals surface area contributed by atoms with Crippen molar-refractivity contribution in [2.24, 2.45) is 0 Å². The summed E-state index contributed by atoms with van der Waals surface area (Å²) in [6.07, 6.45) is -4.68. The Kier molecular flexibility index (Phi) is 3.62. The fourth-order valence-electron chi connectivity index (χ4n) is 1.88. The molecule has 0 unspecified atom stereocenters. The molecule has 3 aromatic rings. The Morgan fingerprint density at radius 2 is 1.59 bits per heavy atom. The largest absolute Gasteiger partial charge is 0.438 e. The standard InChI is InChI=1S/C15H8ClF3N2O/c16-9-4-3-5-10(8-9)22-14-13(15(17,18)19)20-11-6-1-2-7-12(11)21-14/h1-8H. The summed E-state index contributed by atoms with van der Waals surface area (Å²) < 4.78 is 44.7. The summed E-state index contributed by atoms with van der Waals surface area (Å²) in [7, 11) is 0.